The van der Waals surface area contributed by atoms with E-state index in [0.29, 0.717) is 17.9 Å². The van der Waals surface area contributed by atoms with Crippen molar-refractivity contribution >= 4 is 11.4 Å². The van der Waals surface area contributed by atoms with Gasteiger partial charge in [0.2, 0.25) is 0 Å². The van der Waals surface area contributed by atoms with Gasteiger partial charge in [0.05, 0.1) is 5.41 Å². The van der Waals surface area contributed by atoms with E-state index in [1.807, 2.05) is 0 Å². The molecule has 3 atom stereocenters. The summed E-state index contributed by atoms with van der Waals surface area (Å²) in [6.07, 6.45) is 3.52. The van der Waals surface area contributed by atoms with Crippen molar-refractivity contribution in [3.05, 3.63) is 202 Å². The molecule has 0 N–H and O–H groups in total. The van der Waals surface area contributed by atoms with Crippen molar-refractivity contribution in [2.75, 3.05) is 4.90 Å². The topological polar surface area (TPSA) is 3.24 Å². The second-order valence-corrected chi connectivity index (χ2v) is 18.3. The fraction of sp³-hybridized carbons (Fsp3) is 0.236. The summed E-state index contributed by atoms with van der Waals surface area (Å²) in [5, 5.41) is 0. The number of fused-ring (bicyclic) bond motifs is 16. The lowest BCUT2D eigenvalue weighted by atomic mass is 9.68. The molecule has 272 valence electrons. The van der Waals surface area contributed by atoms with Crippen LogP contribution in [0.1, 0.15) is 97.4 Å². The first-order chi connectivity index (χ1) is 27.3. The first-order valence-electron chi connectivity index (χ1n) is 20.9. The maximum absolute atomic E-state index is 2.87. The summed E-state index contributed by atoms with van der Waals surface area (Å²) in [7, 11) is 0. The fourth-order valence-corrected chi connectivity index (χ4v) is 12.9. The smallest absolute Gasteiger partial charge is 0.0726 e. The molecule has 3 unspecified atom stereocenters. The maximum Gasteiger partial charge on any atom is 0.0726 e. The predicted molar refractivity (Wildman–Crippen MR) is 232 cm³/mol. The van der Waals surface area contributed by atoms with Crippen molar-refractivity contribution in [1.29, 1.82) is 0 Å². The number of rotatable bonds is 3. The van der Waals surface area contributed by atoms with Crippen LogP contribution in [-0.2, 0) is 16.2 Å². The Bertz CT molecular complexity index is 2730. The first-order valence-corrected chi connectivity index (χ1v) is 20.9. The van der Waals surface area contributed by atoms with Gasteiger partial charge < -0.3 is 4.90 Å². The van der Waals surface area contributed by atoms with E-state index in [1.54, 1.807) is 11.1 Å². The number of hydrogen-bond acceptors (Lipinski definition) is 1. The molecule has 5 aliphatic carbocycles. The lowest BCUT2D eigenvalue weighted by Gasteiger charge is -2.45. The van der Waals surface area contributed by atoms with E-state index in [-0.39, 0.29) is 16.2 Å². The standard InChI is InChI=1S/C55H47N/c1-53(2)42-23-11-8-20-39(42)51-46(53)27-15-29-49(51)56(34-31-32-38-35-17-5-10-22-41(35)54(3,4)48(38)33-34)50-30-16-28-47-52(50)40-21-9-14-26-45(40)55(47)43-24-12-6-18-36(43)37-19-7-13-25-44(37)55/h5-30,34,38,48H,31-33H2,1-4H3. The van der Waals surface area contributed by atoms with Gasteiger partial charge in [0, 0.05) is 34.0 Å². The van der Waals surface area contributed by atoms with Crippen LogP contribution in [-0.4, -0.2) is 6.04 Å². The third-order valence-corrected chi connectivity index (χ3v) is 15.3. The lowest BCUT2D eigenvalue weighted by Crippen LogP contribution is -2.41. The SMILES string of the molecule is CC1(C)c2ccccc2-c2c(N(c3cccc4c3-c3ccccc3C43c4ccccc4-c4ccccc43)C3CCC4c5ccccc5C(C)(C)C4C3)cccc21. The zero-order valence-electron chi connectivity index (χ0n) is 32.8. The Morgan fingerprint density at radius 2 is 0.893 bits per heavy atom. The van der Waals surface area contributed by atoms with Crippen molar-refractivity contribution < 1.29 is 0 Å². The summed E-state index contributed by atoms with van der Waals surface area (Å²) in [5.41, 5.74) is 22.3. The number of nitrogens with zero attached hydrogens (tertiary/aromatic N) is 1. The predicted octanol–water partition coefficient (Wildman–Crippen LogP) is 13.7. The summed E-state index contributed by atoms with van der Waals surface area (Å²) >= 11 is 0. The normalized spacial score (nSPS) is 21.6. The van der Waals surface area contributed by atoms with Gasteiger partial charge in [0.25, 0.3) is 0 Å². The van der Waals surface area contributed by atoms with Gasteiger partial charge >= 0.3 is 0 Å². The van der Waals surface area contributed by atoms with E-state index in [9.17, 15) is 0 Å². The molecule has 56 heavy (non-hydrogen) atoms. The molecule has 0 heterocycles. The summed E-state index contributed by atoms with van der Waals surface area (Å²) in [6.45, 7) is 9.89. The van der Waals surface area contributed by atoms with Gasteiger partial charge in [-0.05, 0) is 115 Å². The lowest BCUT2D eigenvalue weighted by molar-refractivity contribution is 0.213. The molecular formula is C55H47N. The van der Waals surface area contributed by atoms with E-state index >= 15 is 0 Å². The van der Waals surface area contributed by atoms with Gasteiger partial charge in [-0.2, -0.15) is 0 Å². The molecule has 0 aromatic heterocycles. The molecule has 12 rings (SSSR count). The van der Waals surface area contributed by atoms with Crippen LogP contribution >= 0.6 is 0 Å². The van der Waals surface area contributed by atoms with Gasteiger partial charge in [-0.3, -0.25) is 0 Å². The van der Waals surface area contributed by atoms with Crippen LogP contribution in [0, 0.1) is 5.92 Å². The largest absolute Gasteiger partial charge is 0.337 e. The van der Waals surface area contributed by atoms with Crippen LogP contribution in [0.4, 0.5) is 11.4 Å². The molecular weight excluding hydrogens is 675 g/mol. The van der Waals surface area contributed by atoms with Gasteiger partial charge in [-0.1, -0.05) is 173 Å². The van der Waals surface area contributed by atoms with Gasteiger partial charge in [-0.15, -0.1) is 0 Å². The molecule has 0 amide bonds. The number of hydrogen-bond donors (Lipinski definition) is 0. The Labute approximate surface area is 331 Å². The highest BCUT2D eigenvalue weighted by atomic mass is 15.2. The first kappa shape index (κ1) is 32.6. The molecule has 1 saturated carbocycles. The third kappa shape index (κ3) is 3.92. The van der Waals surface area contributed by atoms with Crippen molar-refractivity contribution in [1.82, 2.24) is 0 Å². The van der Waals surface area contributed by atoms with Crippen LogP contribution in [0.5, 0.6) is 0 Å². The van der Waals surface area contributed by atoms with Gasteiger partial charge in [-0.25, -0.2) is 0 Å². The Morgan fingerprint density at radius 1 is 0.429 bits per heavy atom. The van der Waals surface area contributed by atoms with Crippen LogP contribution in [0.3, 0.4) is 0 Å². The molecule has 1 fully saturated rings. The van der Waals surface area contributed by atoms with Gasteiger partial charge in [0.15, 0.2) is 0 Å². The van der Waals surface area contributed by atoms with E-state index in [0.717, 1.165) is 12.8 Å². The van der Waals surface area contributed by atoms with Crippen molar-refractivity contribution in [3.8, 4) is 33.4 Å². The van der Waals surface area contributed by atoms with Gasteiger partial charge in [0.1, 0.15) is 0 Å². The molecule has 5 aliphatic rings. The second-order valence-electron chi connectivity index (χ2n) is 18.3. The zero-order valence-corrected chi connectivity index (χ0v) is 32.8. The molecule has 7 aromatic carbocycles. The van der Waals surface area contributed by atoms with Crippen molar-refractivity contribution in [2.45, 2.75) is 75.2 Å². The quantitative estimate of drug-likeness (QED) is 0.176. The fourth-order valence-electron chi connectivity index (χ4n) is 12.9. The molecule has 1 heteroatoms. The molecule has 0 radical (unpaired) electrons. The van der Waals surface area contributed by atoms with E-state index in [4.69, 9.17) is 0 Å². The van der Waals surface area contributed by atoms with Crippen LogP contribution in [0.15, 0.2) is 158 Å². The second kappa shape index (κ2) is 11.2. The summed E-state index contributed by atoms with van der Waals surface area (Å²) in [6, 6.07) is 61.2. The summed E-state index contributed by atoms with van der Waals surface area (Å²) < 4.78 is 0. The average molecular weight is 722 g/mol. The van der Waals surface area contributed by atoms with Crippen molar-refractivity contribution in [3.63, 3.8) is 0 Å². The van der Waals surface area contributed by atoms with E-state index < -0.39 is 0 Å². The molecule has 0 aliphatic heterocycles. The van der Waals surface area contributed by atoms with E-state index in [2.05, 4.69) is 190 Å². The Hall–Kier alpha value is -5.66. The minimum atomic E-state index is -0.374. The Balaban J connectivity index is 1.13. The average Bonchev–Trinajstić information content (AvgIpc) is 3.87. The Morgan fingerprint density at radius 3 is 1.54 bits per heavy atom. The summed E-state index contributed by atoms with van der Waals surface area (Å²) in [5.74, 6) is 1.18. The highest BCUT2D eigenvalue weighted by molar-refractivity contribution is 6.01. The number of benzene rings is 7. The summed E-state index contributed by atoms with van der Waals surface area (Å²) in [4.78, 5) is 2.87. The third-order valence-electron chi connectivity index (χ3n) is 15.3. The maximum atomic E-state index is 2.87. The molecule has 0 bridgehead atoms. The minimum absolute atomic E-state index is 0.0765. The molecule has 1 nitrogen and oxygen atoms in total. The van der Waals surface area contributed by atoms with Crippen molar-refractivity contribution in [2.24, 2.45) is 5.92 Å². The van der Waals surface area contributed by atoms with Crippen LogP contribution in [0.2, 0.25) is 0 Å². The monoisotopic (exact) mass is 721 g/mol. The van der Waals surface area contributed by atoms with Crippen LogP contribution < -0.4 is 4.90 Å². The van der Waals surface area contributed by atoms with E-state index in [1.165, 1.54) is 84.6 Å². The molecule has 1 spiro atoms. The number of anilines is 2. The minimum Gasteiger partial charge on any atom is -0.337 e. The highest BCUT2D eigenvalue weighted by Gasteiger charge is 2.54. The zero-order chi connectivity index (χ0) is 37.6. The highest BCUT2D eigenvalue weighted by Crippen LogP contribution is 2.66. The molecule has 0 saturated heterocycles. The molecule has 7 aromatic rings. The van der Waals surface area contributed by atoms with Crippen LogP contribution in [0.25, 0.3) is 33.4 Å². The Kier molecular flexibility index (Phi) is 6.53.